The number of hydrogen-bond acceptors (Lipinski definition) is 3. The second-order valence-electron chi connectivity index (χ2n) is 5.61. The van der Waals surface area contributed by atoms with Gasteiger partial charge < -0.3 is 14.8 Å². The Bertz CT molecular complexity index is 525. The minimum absolute atomic E-state index is 0.00809. The van der Waals surface area contributed by atoms with E-state index < -0.39 is 0 Å². The summed E-state index contributed by atoms with van der Waals surface area (Å²) in [5.41, 5.74) is 0. The Hall–Kier alpha value is -1.85. The quantitative estimate of drug-likeness (QED) is 0.846. The molecule has 2 aliphatic heterocycles. The highest BCUT2D eigenvalue weighted by Gasteiger charge is 2.33. The van der Waals surface area contributed by atoms with Crippen LogP contribution in [0.1, 0.15) is 32.0 Å². The first-order valence-electron chi connectivity index (χ1n) is 7.23. The third-order valence-corrected chi connectivity index (χ3v) is 4.24. The van der Waals surface area contributed by atoms with Crippen LogP contribution < -0.4 is 5.32 Å². The third-order valence-electron chi connectivity index (χ3n) is 4.24. The zero-order valence-corrected chi connectivity index (χ0v) is 11.7. The molecule has 0 saturated carbocycles. The molecule has 0 radical (unpaired) electrons. The Morgan fingerprint density at radius 2 is 2.25 bits per heavy atom. The molecular weight excluding hydrogens is 256 g/mol. The molecule has 0 aromatic carbocycles. The molecule has 2 aliphatic rings. The van der Waals surface area contributed by atoms with Crippen LogP contribution in [0.5, 0.6) is 0 Å². The number of nitrogens with zero attached hydrogens (tertiary/aromatic N) is 3. The molecule has 6 nitrogen and oxygen atoms in total. The number of carbonyl (C=O) groups is 2. The second kappa shape index (κ2) is 5.26. The molecule has 0 aliphatic carbocycles. The van der Waals surface area contributed by atoms with Crippen LogP contribution in [0.15, 0.2) is 12.4 Å². The van der Waals surface area contributed by atoms with Gasteiger partial charge in [0.25, 0.3) is 0 Å². The van der Waals surface area contributed by atoms with Gasteiger partial charge >= 0.3 is 0 Å². The first-order valence-corrected chi connectivity index (χ1v) is 7.23. The first kappa shape index (κ1) is 13.1. The van der Waals surface area contributed by atoms with Crippen molar-refractivity contribution in [1.29, 1.82) is 0 Å². The van der Waals surface area contributed by atoms with Crippen LogP contribution in [0.25, 0.3) is 0 Å². The molecule has 2 amide bonds. The Morgan fingerprint density at radius 3 is 3.05 bits per heavy atom. The Balaban J connectivity index is 1.61. The summed E-state index contributed by atoms with van der Waals surface area (Å²) < 4.78 is 2.09. The highest BCUT2D eigenvalue weighted by atomic mass is 16.2. The summed E-state index contributed by atoms with van der Waals surface area (Å²) in [6.07, 6.45) is 7.23. The van der Waals surface area contributed by atoms with Gasteiger partial charge in [-0.3, -0.25) is 9.59 Å². The summed E-state index contributed by atoms with van der Waals surface area (Å²) in [5, 5.41) is 3.09. The Kier molecular flexibility index (Phi) is 3.46. The van der Waals surface area contributed by atoms with Gasteiger partial charge in [0.1, 0.15) is 11.9 Å². The van der Waals surface area contributed by atoms with Crippen LogP contribution in [-0.4, -0.2) is 44.9 Å². The van der Waals surface area contributed by atoms with Crippen molar-refractivity contribution >= 4 is 11.8 Å². The summed E-state index contributed by atoms with van der Waals surface area (Å²) in [6.45, 7) is 3.00. The van der Waals surface area contributed by atoms with E-state index in [0.29, 0.717) is 6.54 Å². The smallest absolute Gasteiger partial charge is 0.243 e. The van der Waals surface area contributed by atoms with E-state index in [9.17, 15) is 9.59 Å². The number of nitrogens with one attached hydrogen (secondary N) is 1. The molecule has 0 unspecified atom stereocenters. The lowest BCUT2D eigenvalue weighted by Gasteiger charge is -2.28. The number of fused-ring (bicyclic) bond motifs is 1. The molecule has 3 rings (SSSR count). The SMILES string of the molecule is CC(=O)N1CCC[C@@H]1C(=O)N[C@H]1CCc2nccn2C1. The standard InChI is InChI=1S/C14H20N4O2/c1-10(19)18-7-2-3-12(18)14(20)16-11-4-5-13-15-6-8-17(13)9-11/h6,8,11-12H,2-5,7,9H2,1H3,(H,16,20)/t11-,12+/m0/s1. The number of aryl methyl sites for hydroxylation is 1. The summed E-state index contributed by atoms with van der Waals surface area (Å²) in [4.78, 5) is 29.8. The van der Waals surface area contributed by atoms with Crippen molar-refractivity contribution in [3.8, 4) is 0 Å². The van der Waals surface area contributed by atoms with Crippen molar-refractivity contribution in [3.63, 3.8) is 0 Å². The Labute approximate surface area is 118 Å². The average molecular weight is 276 g/mol. The van der Waals surface area contributed by atoms with Crippen molar-refractivity contribution in [1.82, 2.24) is 19.8 Å². The number of aromatic nitrogens is 2. The van der Waals surface area contributed by atoms with Gasteiger partial charge in [0.05, 0.1) is 0 Å². The fourth-order valence-corrected chi connectivity index (χ4v) is 3.20. The summed E-state index contributed by atoms with van der Waals surface area (Å²) in [5.74, 6) is 1.07. The fraction of sp³-hybridized carbons (Fsp3) is 0.643. The van der Waals surface area contributed by atoms with E-state index in [1.807, 2.05) is 6.20 Å². The second-order valence-corrected chi connectivity index (χ2v) is 5.61. The highest BCUT2D eigenvalue weighted by Crippen LogP contribution is 2.19. The number of amides is 2. The summed E-state index contributed by atoms with van der Waals surface area (Å²) >= 11 is 0. The lowest BCUT2D eigenvalue weighted by Crippen LogP contribution is -2.50. The maximum Gasteiger partial charge on any atom is 0.243 e. The lowest BCUT2D eigenvalue weighted by molar-refractivity contribution is -0.137. The molecule has 1 aromatic rings. The number of carbonyl (C=O) groups excluding carboxylic acids is 2. The van der Waals surface area contributed by atoms with Gasteiger partial charge in [-0.05, 0) is 19.3 Å². The molecule has 2 atom stereocenters. The minimum atomic E-state index is -0.281. The molecule has 20 heavy (non-hydrogen) atoms. The van der Waals surface area contributed by atoms with Crippen LogP contribution >= 0.6 is 0 Å². The zero-order valence-electron chi connectivity index (χ0n) is 11.7. The van der Waals surface area contributed by atoms with Crippen molar-refractivity contribution in [2.45, 2.75) is 51.2 Å². The molecule has 1 aromatic heterocycles. The zero-order chi connectivity index (χ0) is 14.1. The van der Waals surface area contributed by atoms with Gasteiger partial charge in [0, 0.05) is 44.9 Å². The summed E-state index contributed by atoms with van der Waals surface area (Å²) in [6, 6.07) is -0.143. The summed E-state index contributed by atoms with van der Waals surface area (Å²) in [7, 11) is 0. The molecule has 6 heteroatoms. The largest absolute Gasteiger partial charge is 0.350 e. The number of hydrogen-bond donors (Lipinski definition) is 1. The lowest BCUT2D eigenvalue weighted by atomic mass is 10.1. The van der Waals surface area contributed by atoms with Crippen molar-refractivity contribution in [2.75, 3.05) is 6.54 Å². The minimum Gasteiger partial charge on any atom is -0.350 e. The highest BCUT2D eigenvalue weighted by molar-refractivity contribution is 5.87. The monoisotopic (exact) mass is 276 g/mol. The molecule has 108 valence electrons. The van der Waals surface area contributed by atoms with E-state index >= 15 is 0 Å². The van der Waals surface area contributed by atoms with Gasteiger partial charge in [-0.25, -0.2) is 4.98 Å². The normalized spacial score (nSPS) is 25.4. The first-order chi connectivity index (χ1) is 9.65. The van der Waals surface area contributed by atoms with E-state index in [-0.39, 0.29) is 23.9 Å². The van der Waals surface area contributed by atoms with Gasteiger partial charge in [-0.2, -0.15) is 0 Å². The van der Waals surface area contributed by atoms with E-state index in [1.54, 1.807) is 11.1 Å². The number of likely N-dealkylation sites (tertiary alicyclic amines) is 1. The molecule has 0 bridgehead atoms. The topological polar surface area (TPSA) is 67.2 Å². The van der Waals surface area contributed by atoms with Gasteiger partial charge in [0.2, 0.25) is 11.8 Å². The molecule has 1 saturated heterocycles. The molecular formula is C14H20N4O2. The molecule has 0 spiro atoms. The fourth-order valence-electron chi connectivity index (χ4n) is 3.20. The van der Waals surface area contributed by atoms with Gasteiger partial charge in [-0.1, -0.05) is 0 Å². The van der Waals surface area contributed by atoms with Crippen molar-refractivity contribution < 1.29 is 9.59 Å². The van der Waals surface area contributed by atoms with E-state index in [4.69, 9.17) is 0 Å². The van der Waals surface area contributed by atoms with Crippen LogP contribution in [0.2, 0.25) is 0 Å². The predicted octanol–water partition coefficient (Wildman–Crippen LogP) is 0.325. The van der Waals surface area contributed by atoms with Crippen molar-refractivity contribution in [3.05, 3.63) is 18.2 Å². The van der Waals surface area contributed by atoms with Crippen LogP contribution in [0.4, 0.5) is 0 Å². The maximum absolute atomic E-state index is 12.3. The average Bonchev–Trinajstić information content (AvgIpc) is 3.06. The van der Waals surface area contributed by atoms with Gasteiger partial charge in [-0.15, -0.1) is 0 Å². The van der Waals surface area contributed by atoms with E-state index in [1.165, 1.54) is 6.92 Å². The maximum atomic E-state index is 12.3. The number of rotatable bonds is 2. The number of imidazole rings is 1. The molecule has 1 N–H and O–H groups in total. The molecule has 1 fully saturated rings. The predicted molar refractivity (Wildman–Crippen MR) is 72.9 cm³/mol. The Morgan fingerprint density at radius 1 is 1.40 bits per heavy atom. The third kappa shape index (κ3) is 2.42. The van der Waals surface area contributed by atoms with Crippen LogP contribution in [-0.2, 0) is 22.6 Å². The van der Waals surface area contributed by atoms with Crippen LogP contribution in [0.3, 0.4) is 0 Å². The van der Waals surface area contributed by atoms with Crippen LogP contribution in [0, 0.1) is 0 Å². The van der Waals surface area contributed by atoms with E-state index in [2.05, 4.69) is 14.9 Å². The molecule has 3 heterocycles. The van der Waals surface area contributed by atoms with Crippen molar-refractivity contribution in [2.24, 2.45) is 0 Å². The van der Waals surface area contributed by atoms with E-state index in [0.717, 1.165) is 38.1 Å². The van der Waals surface area contributed by atoms with Gasteiger partial charge in [0.15, 0.2) is 0 Å².